The lowest BCUT2D eigenvalue weighted by Gasteiger charge is -2.21. The van der Waals surface area contributed by atoms with Gasteiger partial charge in [0.05, 0.1) is 32.8 Å². The number of phosphoric ester groups is 2. The standard InChI is InChI=1S/C75H124O17P2/c1-5-9-13-17-21-25-29-31-33-34-36-37-41-44-48-52-56-60-73(78)86-66-71(92-75(80)62-58-54-50-46-42-38-35-32-30-26-22-18-14-10-6-2)68-90-94(83,84)88-64-69(76)63-87-93(81,82)89-67-70(91-74(79)61-57-53-49-45-40-28-24-20-16-12-8-4)65-85-72(77)59-55-51-47-43-39-27-23-19-15-11-7-3/h9-10,13-14,19-26,31-33,35-37,42,46,54,58,69-71,76H,5-8,11-12,15-18,27-30,34,38-41,43-45,47-53,55-57,59-68H2,1-4H3,(H,81,82)(H,83,84)/b13-9-,14-10-,23-19-,24-20-,25-21-,26-22-,33-31-,35-32-,37-36-,46-42-,58-54-. The number of carbonyl (C=O) groups is 4. The monoisotopic (exact) mass is 1360 g/mol. The van der Waals surface area contributed by atoms with Gasteiger partial charge in [0.1, 0.15) is 19.3 Å². The zero-order chi connectivity index (χ0) is 69.0. The van der Waals surface area contributed by atoms with Crippen molar-refractivity contribution in [3.63, 3.8) is 0 Å². The van der Waals surface area contributed by atoms with E-state index in [0.29, 0.717) is 25.7 Å². The Morgan fingerprint density at radius 3 is 0.957 bits per heavy atom. The van der Waals surface area contributed by atoms with E-state index in [0.717, 1.165) is 154 Å². The van der Waals surface area contributed by atoms with Crippen molar-refractivity contribution < 1.29 is 80.2 Å². The van der Waals surface area contributed by atoms with Crippen LogP contribution < -0.4 is 0 Å². The van der Waals surface area contributed by atoms with Crippen molar-refractivity contribution in [3.05, 3.63) is 134 Å². The number of ether oxygens (including phenoxy) is 4. The van der Waals surface area contributed by atoms with Crippen LogP contribution in [0.3, 0.4) is 0 Å². The Morgan fingerprint density at radius 2 is 0.596 bits per heavy atom. The number of allylic oxidation sites excluding steroid dienone is 21. The summed E-state index contributed by atoms with van der Waals surface area (Å²) in [4.78, 5) is 72.5. The number of hydrogen-bond donors (Lipinski definition) is 3. The molecule has 0 aromatic carbocycles. The molecule has 5 atom stereocenters. The van der Waals surface area contributed by atoms with E-state index in [1.165, 1.54) is 25.7 Å². The number of hydrogen-bond acceptors (Lipinski definition) is 15. The summed E-state index contributed by atoms with van der Waals surface area (Å²) in [7, 11) is -9.98. The van der Waals surface area contributed by atoms with Gasteiger partial charge in [-0.3, -0.25) is 37.3 Å². The molecule has 5 unspecified atom stereocenters. The van der Waals surface area contributed by atoms with Crippen molar-refractivity contribution in [1.29, 1.82) is 0 Å². The minimum atomic E-state index is -5.00. The van der Waals surface area contributed by atoms with Crippen LogP contribution in [0.25, 0.3) is 0 Å². The first-order valence-corrected chi connectivity index (χ1v) is 38.4. The first-order chi connectivity index (χ1) is 45.7. The smallest absolute Gasteiger partial charge is 0.462 e. The fraction of sp³-hybridized carbons (Fsp3) is 0.653. The van der Waals surface area contributed by atoms with Gasteiger partial charge in [0.15, 0.2) is 12.2 Å². The molecule has 536 valence electrons. The second-order valence-electron chi connectivity index (χ2n) is 23.1. The van der Waals surface area contributed by atoms with Crippen LogP contribution in [0.4, 0.5) is 0 Å². The molecule has 0 aliphatic rings. The summed E-state index contributed by atoms with van der Waals surface area (Å²) in [6.45, 7) is 4.36. The molecule has 0 aromatic heterocycles. The van der Waals surface area contributed by atoms with Crippen molar-refractivity contribution in [2.45, 2.75) is 277 Å². The molecule has 0 fully saturated rings. The molecule has 0 aliphatic heterocycles. The van der Waals surface area contributed by atoms with Crippen molar-refractivity contribution in [1.82, 2.24) is 0 Å². The largest absolute Gasteiger partial charge is 0.472 e. The molecular formula is C75H124O17P2. The van der Waals surface area contributed by atoms with E-state index in [9.17, 15) is 43.2 Å². The summed E-state index contributed by atoms with van der Waals surface area (Å²) in [6.07, 6.45) is 72.2. The van der Waals surface area contributed by atoms with Gasteiger partial charge in [-0.2, -0.15) is 0 Å². The van der Waals surface area contributed by atoms with Crippen LogP contribution in [0.5, 0.6) is 0 Å². The van der Waals surface area contributed by atoms with Crippen LogP contribution in [0.1, 0.15) is 259 Å². The zero-order valence-electron chi connectivity index (χ0n) is 58.1. The van der Waals surface area contributed by atoms with Gasteiger partial charge < -0.3 is 33.8 Å². The predicted octanol–water partition coefficient (Wildman–Crippen LogP) is 19.8. The van der Waals surface area contributed by atoms with Gasteiger partial charge in [-0.25, -0.2) is 9.13 Å². The van der Waals surface area contributed by atoms with E-state index in [-0.39, 0.29) is 25.7 Å². The molecule has 0 aliphatic carbocycles. The van der Waals surface area contributed by atoms with Crippen LogP contribution in [0.2, 0.25) is 0 Å². The first-order valence-electron chi connectivity index (χ1n) is 35.4. The maximum atomic E-state index is 13.0. The Morgan fingerprint density at radius 1 is 0.319 bits per heavy atom. The fourth-order valence-electron chi connectivity index (χ4n) is 8.72. The maximum absolute atomic E-state index is 13.0. The summed E-state index contributed by atoms with van der Waals surface area (Å²) >= 11 is 0. The second kappa shape index (κ2) is 66.8. The van der Waals surface area contributed by atoms with Gasteiger partial charge in [0.25, 0.3) is 0 Å². The lowest BCUT2D eigenvalue weighted by Crippen LogP contribution is -2.30. The molecule has 0 radical (unpaired) electrons. The third-order valence-corrected chi connectivity index (χ3v) is 16.0. The summed E-state index contributed by atoms with van der Waals surface area (Å²) in [6, 6.07) is 0. The molecule has 94 heavy (non-hydrogen) atoms. The van der Waals surface area contributed by atoms with Gasteiger partial charge in [-0.05, 0) is 128 Å². The van der Waals surface area contributed by atoms with Crippen molar-refractivity contribution in [3.8, 4) is 0 Å². The molecule has 0 saturated heterocycles. The molecule has 0 aromatic rings. The number of esters is 4. The average molecular weight is 1360 g/mol. The molecule has 0 bridgehead atoms. The summed E-state index contributed by atoms with van der Waals surface area (Å²) < 4.78 is 68.0. The molecule has 19 heteroatoms. The highest BCUT2D eigenvalue weighted by Crippen LogP contribution is 2.45. The summed E-state index contributed by atoms with van der Waals surface area (Å²) in [5.41, 5.74) is 0. The Balaban J connectivity index is 5.43. The minimum absolute atomic E-state index is 0.0775. The lowest BCUT2D eigenvalue weighted by atomic mass is 10.1. The fourth-order valence-corrected chi connectivity index (χ4v) is 10.3. The highest BCUT2D eigenvalue weighted by molar-refractivity contribution is 7.47. The van der Waals surface area contributed by atoms with Crippen LogP contribution >= 0.6 is 15.6 Å². The molecule has 3 N–H and O–H groups in total. The molecule has 0 amide bonds. The molecular weight excluding hydrogens is 1230 g/mol. The molecule has 0 rings (SSSR count). The predicted molar refractivity (Wildman–Crippen MR) is 381 cm³/mol. The number of phosphoric acid groups is 2. The molecule has 17 nitrogen and oxygen atoms in total. The highest BCUT2D eigenvalue weighted by Gasteiger charge is 2.30. The van der Waals surface area contributed by atoms with Crippen LogP contribution in [0.15, 0.2) is 134 Å². The van der Waals surface area contributed by atoms with E-state index in [1.807, 2.05) is 12.2 Å². The van der Waals surface area contributed by atoms with Crippen LogP contribution in [-0.4, -0.2) is 96.7 Å². The average Bonchev–Trinajstić information content (AvgIpc) is 1.23. The highest BCUT2D eigenvalue weighted by atomic mass is 31.2. The third kappa shape index (κ3) is 65.8. The van der Waals surface area contributed by atoms with Gasteiger partial charge in [-0.15, -0.1) is 0 Å². The number of rotatable bonds is 65. The second-order valence-corrected chi connectivity index (χ2v) is 26.0. The van der Waals surface area contributed by atoms with Crippen molar-refractivity contribution in [2.24, 2.45) is 0 Å². The van der Waals surface area contributed by atoms with Crippen molar-refractivity contribution >= 4 is 39.5 Å². The van der Waals surface area contributed by atoms with Gasteiger partial charge in [0.2, 0.25) is 0 Å². The van der Waals surface area contributed by atoms with E-state index in [2.05, 4.69) is 137 Å². The lowest BCUT2D eigenvalue weighted by molar-refractivity contribution is -0.161. The Bertz CT molecular complexity index is 2310. The van der Waals surface area contributed by atoms with Gasteiger partial charge in [-0.1, -0.05) is 238 Å². The Labute approximate surface area is 567 Å². The topological polar surface area (TPSA) is 237 Å². The van der Waals surface area contributed by atoms with Crippen LogP contribution in [0, 0.1) is 0 Å². The quantitative estimate of drug-likeness (QED) is 0.0169. The minimum Gasteiger partial charge on any atom is -0.462 e. The number of aliphatic hydroxyl groups excluding tert-OH is 1. The van der Waals surface area contributed by atoms with E-state index >= 15 is 0 Å². The first kappa shape index (κ1) is 89.2. The summed E-state index contributed by atoms with van der Waals surface area (Å²) in [5, 5.41) is 10.6. The van der Waals surface area contributed by atoms with E-state index in [1.54, 1.807) is 12.2 Å². The summed E-state index contributed by atoms with van der Waals surface area (Å²) in [5.74, 6) is -2.38. The van der Waals surface area contributed by atoms with Crippen molar-refractivity contribution in [2.75, 3.05) is 39.6 Å². The van der Waals surface area contributed by atoms with E-state index in [4.69, 9.17) is 37.0 Å². The molecule has 0 saturated carbocycles. The third-order valence-electron chi connectivity index (χ3n) is 14.1. The Hall–Kier alpha value is -4.80. The van der Waals surface area contributed by atoms with E-state index < -0.39 is 97.5 Å². The SMILES string of the molecule is CC/C=C\C/C=C\C/C=C\C/C=C\C/C=C\CC(=O)OC(COC(=O)CCCCCC/C=C\C/C=C\C/C=C\C/C=C\CC)COP(=O)(O)OCC(O)COP(=O)(O)OCC(COC(=O)CCCCCCC/C=C\CCCC)OC(=O)CCCCCCC/C=C\CCCC. The van der Waals surface area contributed by atoms with Gasteiger partial charge in [0, 0.05) is 19.3 Å². The number of aliphatic hydroxyl groups is 1. The normalized spacial score (nSPS) is 14.8. The number of carbonyl (C=O) groups excluding carboxylic acids is 4. The zero-order valence-corrected chi connectivity index (χ0v) is 59.9. The molecule has 0 heterocycles. The molecule has 0 spiro atoms. The maximum Gasteiger partial charge on any atom is 0.472 e. The van der Waals surface area contributed by atoms with Crippen LogP contribution in [-0.2, 0) is 65.4 Å². The Kier molecular flexibility index (Phi) is 63.4. The number of unbranched alkanes of at least 4 members (excludes halogenated alkanes) is 18. The van der Waals surface area contributed by atoms with Gasteiger partial charge >= 0.3 is 39.5 Å².